The highest BCUT2D eigenvalue weighted by Gasteiger charge is 2.37. The fourth-order valence-corrected chi connectivity index (χ4v) is 2.61. The van der Waals surface area contributed by atoms with Gasteiger partial charge in [-0.25, -0.2) is 0 Å². The van der Waals surface area contributed by atoms with Gasteiger partial charge < -0.3 is 11.1 Å². The van der Waals surface area contributed by atoms with Crippen LogP contribution >= 0.6 is 0 Å². The highest BCUT2D eigenvalue weighted by Crippen LogP contribution is 2.20. The molecule has 1 aromatic carbocycles. The van der Waals surface area contributed by atoms with Crippen molar-refractivity contribution in [1.29, 1.82) is 0 Å². The van der Waals surface area contributed by atoms with Crippen molar-refractivity contribution in [2.24, 2.45) is 11.7 Å². The molecule has 1 atom stereocenters. The highest BCUT2D eigenvalue weighted by molar-refractivity contribution is 5.86. The molecule has 0 spiro atoms. The maximum Gasteiger partial charge on any atom is 0.237 e. The van der Waals surface area contributed by atoms with E-state index in [4.69, 9.17) is 5.73 Å². The number of amides is 2. The largest absolute Gasteiger partial charge is 0.368 e. The van der Waals surface area contributed by atoms with E-state index >= 15 is 0 Å². The summed E-state index contributed by atoms with van der Waals surface area (Å²) in [5.41, 5.74) is 6.88. The van der Waals surface area contributed by atoms with E-state index in [1.807, 2.05) is 52.0 Å². The molecule has 5 nitrogen and oxygen atoms in total. The third kappa shape index (κ3) is 4.56. The van der Waals surface area contributed by atoms with Gasteiger partial charge in [0.05, 0.1) is 6.54 Å². The number of carbonyl (C=O) groups is 2. The summed E-state index contributed by atoms with van der Waals surface area (Å²) in [5.74, 6) is -0.558. The third-order valence-electron chi connectivity index (χ3n) is 4.12. The number of nitrogens with one attached hydrogen (secondary N) is 2. The molecular weight excluding hydrogens is 278 g/mol. The van der Waals surface area contributed by atoms with Gasteiger partial charge >= 0.3 is 0 Å². The zero-order valence-electron chi connectivity index (χ0n) is 13.9. The van der Waals surface area contributed by atoms with Gasteiger partial charge in [-0.3, -0.25) is 14.9 Å². The monoisotopic (exact) mass is 305 g/mol. The highest BCUT2D eigenvalue weighted by atomic mass is 16.2. The van der Waals surface area contributed by atoms with Crippen molar-refractivity contribution in [3.8, 4) is 0 Å². The fourth-order valence-electron chi connectivity index (χ4n) is 2.61. The third-order valence-corrected chi connectivity index (χ3v) is 4.12. The minimum absolute atomic E-state index is 0.0135. The Balaban J connectivity index is 2.56. The van der Waals surface area contributed by atoms with E-state index in [0.29, 0.717) is 13.0 Å². The summed E-state index contributed by atoms with van der Waals surface area (Å²) >= 11 is 0. The molecule has 0 heterocycles. The Morgan fingerprint density at radius 1 is 1.32 bits per heavy atom. The summed E-state index contributed by atoms with van der Waals surface area (Å²) in [5, 5.41) is 5.89. The Bertz CT molecular complexity index is 528. The molecule has 4 N–H and O–H groups in total. The topological polar surface area (TPSA) is 84.2 Å². The van der Waals surface area contributed by atoms with Crippen LogP contribution in [0.1, 0.15) is 38.3 Å². The molecule has 0 bridgehead atoms. The molecule has 2 amide bonds. The Kier molecular flexibility index (Phi) is 6.56. The summed E-state index contributed by atoms with van der Waals surface area (Å²) in [6.07, 6.45) is 0.547. The molecular formula is C17H27N3O2. The summed E-state index contributed by atoms with van der Waals surface area (Å²) in [4.78, 5) is 23.7. The number of hydrogen-bond donors (Lipinski definition) is 3. The van der Waals surface area contributed by atoms with Crippen LogP contribution in [0.2, 0.25) is 0 Å². The van der Waals surface area contributed by atoms with Crippen LogP contribution in [0.5, 0.6) is 0 Å². The van der Waals surface area contributed by atoms with Crippen LogP contribution in [-0.2, 0) is 16.1 Å². The van der Waals surface area contributed by atoms with Crippen molar-refractivity contribution < 1.29 is 9.59 Å². The minimum atomic E-state index is -0.847. The lowest BCUT2D eigenvalue weighted by molar-refractivity contribution is -0.127. The summed E-state index contributed by atoms with van der Waals surface area (Å²) < 4.78 is 0. The van der Waals surface area contributed by atoms with Gasteiger partial charge in [0.25, 0.3) is 0 Å². The first-order valence-corrected chi connectivity index (χ1v) is 7.69. The predicted octanol–water partition coefficient (Wildman–Crippen LogP) is 1.49. The smallest absolute Gasteiger partial charge is 0.237 e. The molecule has 0 saturated heterocycles. The molecule has 1 rings (SSSR count). The molecule has 0 radical (unpaired) electrons. The van der Waals surface area contributed by atoms with Gasteiger partial charge in [-0.15, -0.1) is 0 Å². The van der Waals surface area contributed by atoms with E-state index in [-0.39, 0.29) is 18.4 Å². The van der Waals surface area contributed by atoms with Gasteiger partial charge in [-0.2, -0.15) is 0 Å². The lowest BCUT2D eigenvalue weighted by Gasteiger charge is -2.34. The fraction of sp³-hybridized carbons (Fsp3) is 0.529. The number of hydrogen-bond acceptors (Lipinski definition) is 3. The first-order valence-electron chi connectivity index (χ1n) is 7.69. The lowest BCUT2D eigenvalue weighted by atomic mass is 9.83. The number of benzene rings is 1. The summed E-state index contributed by atoms with van der Waals surface area (Å²) in [6.45, 7) is 8.29. The quantitative estimate of drug-likeness (QED) is 0.680. The van der Waals surface area contributed by atoms with E-state index in [0.717, 1.165) is 11.1 Å². The van der Waals surface area contributed by atoms with E-state index in [1.165, 1.54) is 0 Å². The Labute approximate surface area is 132 Å². The molecule has 0 fully saturated rings. The maximum absolute atomic E-state index is 12.0. The molecule has 0 aliphatic carbocycles. The standard InChI is InChI=1S/C17H27N3O2/c1-5-17(12(2)3,16(18)22)20-11-15(21)19-10-14-8-6-7-13(4)9-14/h6-9,12,20H,5,10-11H2,1-4H3,(H2,18,22)(H,19,21). The van der Waals surface area contributed by atoms with Crippen molar-refractivity contribution in [2.45, 2.75) is 46.2 Å². The molecule has 5 heteroatoms. The first-order chi connectivity index (χ1) is 10.3. The number of aryl methyl sites for hydroxylation is 1. The van der Waals surface area contributed by atoms with Crippen LogP contribution in [-0.4, -0.2) is 23.9 Å². The number of nitrogens with two attached hydrogens (primary N) is 1. The van der Waals surface area contributed by atoms with E-state index in [1.54, 1.807) is 0 Å². The minimum Gasteiger partial charge on any atom is -0.368 e. The van der Waals surface area contributed by atoms with Gasteiger partial charge in [0, 0.05) is 6.54 Å². The van der Waals surface area contributed by atoms with Crippen LogP contribution in [0.25, 0.3) is 0 Å². The zero-order valence-corrected chi connectivity index (χ0v) is 13.9. The number of primary amides is 1. The molecule has 1 unspecified atom stereocenters. The average Bonchev–Trinajstić information content (AvgIpc) is 2.45. The maximum atomic E-state index is 12.0. The van der Waals surface area contributed by atoms with Crippen molar-refractivity contribution >= 4 is 11.8 Å². The molecule has 22 heavy (non-hydrogen) atoms. The Morgan fingerprint density at radius 2 is 2.00 bits per heavy atom. The normalized spacial score (nSPS) is 13.7. The second-order valence-corrected chi connectivity index (χ2v) is 5.96. The summed E-state index contributed by atoms with van der Waals surface area (Å²) in [7, 11) is 0. The van der Waals surface area contributed by atoms with Crippen molar-refractivity contribution in [2.75, 3.05) is 6.54 Å². The van der Waals surface area contributed by atoms with E-state index in [2.05, 4.69) is 10.6 Å². The molecule has 0 aliphatic rings. The Hall–Kier alpha value is -1.88. The van der Waals surface area contributed by atoms with Crippen LogP contribution < -0.4 is 16.4 Å². The summed E-state index contributed by atoms with van der Waals surface area (Å²) in [6, 6.07) is 7.97. The van der Waals surface area contributed by atoms with Gasteiger partial charge in [-0.1, -0.05) is 50.6 Å². The van der Waals surface area contributed by atoms with E-state index in [9.17, 15) is 9.59 Å². The number of carbonyl (C=O) groups excluding carboxylic acids is 2. The Morgan fingerprint density at radius 3 is 2.50 bits per heavy atom. The van der Waals surface area contributed by atoms with E-state index < -0.39 is 11.4 Å². The van der Waals surface area contributed by atoms with Crippen molar-refractivity contribution in [1.82, 2.24) is 10.6 Å². The first kappa shape index (κ1) is 18.2. The number of rotatable bonds is 8. The lowest BCUT2D eigenvalue weighted by Crippen LogP contribution is -2.60. The van der Waals surface area contributed by atoms with Crippen molar-refractivity contribution in [3.63, 3.8) is 0 Å². The molecule has 0 aliphatic heterocycles. The van der Waals surface area contributed by atoms with Crippen LogP contribution in [0, 0.1) is 12.8 Å². The SMILES string of the molecule is CCC(NCC(=O)NCc1cccc(C)c1)(C(N)=O)C(C)C. The van der Waals surface area contributed by atoms with Crippen LogP contribution in [0.15, 0.2) is 24.3 Å². The van der Waals surface area contributed by atoms with Crippen LogP contribution in [0.4, 0.5) is 0 Å². The van der Waals surface area contributed by atoms with Gasteiger partial charge in [-0.05, 0) is 24.8 Å². The van der Waals surface area contributed by atoms with Gasteiger partial charge in [0.15, 0.2) is 0 Å². The second kappa shape index (κ2) is 7.94. The second-order valence-electron chi connectivity index (χ2n) is 5.96. The molecule has 0 saturated carbocycles. The average molecular weight is 305 g/mol. The van der Waals surface area contributed by atoms with Gasteiger partial charge in [0.1, 0.15) is 5.54 Å². The predicted molar refractivity (Wildman–Crippen MR) is 88.1 cm³/mol. The van der Waals surface area contributed by atoms with Crippen LogP contribution in [0.3, 0.4) is 0 Å². The molecule has 0 aromatic heterocycles. The zero-order chi connectivity index (χ0) is 16.8. The van der Waals surface area contributed by atoms with Crippen molar-refractivity contribution in [3.05, 3.63) is 35.4 Å². The molecule has 1 aromatic rings. The molecule has 122 valence electrons. The van der Waals surface area contributed by atoms with Gasteiger partial charge in [0.2, 0.25) is 11.8 Å².